The smallest absolute Gasteiger partial charge is 0.0802 e. The second-order valence-electron chi connectivity index (χ2n) is 3.50. The molecule has 0 heterocycles. The Balaban J connectivity index is 3.43. The zero-order valence-corrected chi connectivity index (χ0v) is 8.58. The molecule has 0 aliphatic rings. The predicted molar refractivity (Wildman–Crippen MR) is 55.6 cm³/mol. The summed E-state index contributed by atoms with van der Waals surface area (Å²) in [7, 11) is 0. The summed E-state index contributed by atoms with van der Waals surface area (Å²) in [5.41, 5.74) is 0. The Morgan fingerprint density at radius 3 is 2.31 bits per heavy atom. The maximum atomic E-state index is 9.49. The number of aliphatic hydroxyl groups excluding tert-OH is 2. The zero-order chi connectivity index (χ0) is 10.1. The van der Waals surface area contributed by atoms with Crippen molar-refractivity contribution in [2.24, 2.45) is 0 Å². The number of hydrogen-bond acceptors (Lipinski definition) is 2. The summed E-state index contributed by atoms with van der Waals surface area (Å²) in [6, 6.07) is 0. The van der Waals surface area contributed by atoms with Gasteiger partial charge < -0.3 is 10.2 Å². The predicted octanol–water partition coefficient (Wildman–Crippen LogP) is 2.25. The first kappa shape index (κ1) is 12.7. The van der Waals surface area contributed by atoms with Gasteiger partial charge in [-0.2, -0.15) is 0 Å². The van der Waals surface area contributed by atoms with E-state index in [1.54, 1.807) is 6.08 Å². The van der Waals surface area contributed by atoms with Crippen LogP contribution in [0.1, 0.15) is 45.4 Å². The summed E-state index contributed by atoms with van der Waals surface area (Å²) in [6.07, 6.45) is 6.03. The van der Waals surface area contributed by atoms with E-state index in [9.17, 15) is 10.2 Å². The second kappa shape index (κ2) is 8.27. The number of unbranched alkanes of at least 4 members (excludes halogenated alkanes) is 2. The van der Waals surface area contributed by atoms with Gasteiger partial charge in [-0.05, 0) is 19.3 Å². The minimum absolute atomic E-state index is 0.550. The number of rotatable bonds is 8. The van der Waals surface area contributed by atoms with E-state index in [2.05, 4.69) is 13.5 Å². The fourth-order valence-electron chi connectivity index (χ4n) is 1.28. The van der Waals surface area contributed by atoms with Crippen LogP contribution in [0.5, 0.6) is 0 Å². The molecular formula is C11H22O2. The molecule has 2 N–H and O–H groups in total. The minimum atomic E-state index is -0.574. The van der Waals surface area contributed by atoms with E-state index in [0.717, 1.165) is 25.7 Å². The van der Waals surface area contributed by atoms with Crippen molar-refractivity contribution in [1.82, 2.24) is 0 Å². The minimum Gasteiger partial charge on any atom is -0.390 e. The lowest BCUT2D eigenvalue weighted by Crippen LogP contribution is -2.25. The van der Waals surface area contributed by atoms with Crippen LogP contribution >= 0.6 is 0 Å². The Hall–Kier alpha value is -0.340. The van der Waals surface area contributed by atoms with Gasteiger partial charge in [0.25, 0.3) is 0 Å². The van der Waals surface area contributed by atoms with Crippen LogP contribution in [0.15, 0.2) is 12.7 Å². The van der Waals surface area contributed by atoms with E-state index in [1.807, 2.05) is 0 Å². The fraction of sp³-hybridized carbons (Fsp3) is 0.818. The van der Waals surface area contributed by atoms with Crippen molar-refractivity contribution in [3.8, 4) is 0 Å². The van der Waals surface area contributed by atoms with Gasteiger partial charge in [0, 0.05) is 0 Å². The monoisotopic (exact) mass is 186 g/mol. The van der Waals surface area contributed by atoms with Crippen LogP contribution in [0.3, 0.4) is 0 Å². The molecule has 2 heteroatoms. The largest absolute Gasteiger partial charge is 0.390 e. The fourth-order valence-corrected chi connectivity index (χ4v) is 1.28. The van der Waals surface area contributed by atoms with E-state index in [0.29, 0.717) is 12.8 Å². The summed E-state index contributed by atoms with van der Waals surface area (Å²) >= 11 is 0. The van der Waals surface area contributed by atoms with Crippen LogP contribution in [0.2, 0.25) is 0 Å². The van der Waals surface area contributed by atoms with Crippen LogP contribution in [-0.2, 0) is 0 Å². The molecular weight excluding hydrogens is 164 g/mol. The third kappa shape index (κ3) is 6.79. The van der Waals surface area contributed by atoms with Gasteiger partial charge in [-0.15, -0.1) is 6.58 Å². The first-order valence-electron chi connectivity index (χ1n) is 5.19. The van der Waals surface area contributed by atoms with Gasteiger partial charge in [0.05, 0.1) is 12.2 Å². The standard InChI is InChI=1S/C11H22O2/c1-3-5-7-9-11(13)10(12)8-6-4-2/h4,10-13H,2-3,5-9H2,1H3/t10-,11-/m1/s1. The Kier molecular flexibility index (Phi) is 8.05. The molecule has 0 spiro atoms. The molecule has 0 unspecified atom stereocenters. The SMILES string of the molecule is C=CCC[C@@H](O)[C@H](O)CCCCC. The highest BCUT2D eigenvalue weighted by molar-refractivity contribution is 4.73. The van der Waals surface area contributed by atoms with E-state index < -0.39 is 12.2 Å². The molecule has 0 aliphatic carbocycles. The Bertz CT molecular complexity index is 123. The molecule has 0 aliphatic heterocycles. The van der Waals surface area contributed by atoms with Crippen molar-refractivity contribution in [1.29, 1.82) is 0 Å². The summed E-state index contributed by atoms with van der Waals surface area (Å²) in [6.45, 7) is 5.70. The highest BCUT2D eigenvalue weighted by atomic mass is 16.3. The van der Waals surface area contributed by atoms with Crippen molar-refractivity contribution >= 4 is 0 Å². The van der Waals surface area contributed by atoms with Crippen molar-refractivity contribution in [3.05, 3.63) is 12.7 Å². The van der Waals surface area contributed by atoms with Crippen molar-refractivity contribution in [2.45, 2.75) is 57.7 Å². The summed E-state index contributed by atoms with van der Waals surface area (Å²) in [4.78, 5) is 0. The van der Waals surface area contributed by atoms with Gasteiger partial charge in [-0.1, -0.05) is 32.3 Å². The van der Waals surface area contributed by atoms with Gasteiger partial charge in [0.15, 0.2) is 0 Å². The van der Waals surface area contributed by atoms with E-state index in [1.165, 1.54) is 0 Å². The molecule has 0 aromatic heterocycles. The van der Waals surface area contributed by atoms with Crippen LogP contribution in [0, 0.1) is 0 Å². The molecule has 2 nitrogen and oxygen atoms in total. The van der Waals surface area contributed by atoms with Crippen molar-refractivity contribution in [3.63, 3.8) is 0 Å². The molecule has 0 radical (unpaired) electrons. The average molecular weight is 186 g/mol. The average Bonchev–Trinajstić information content (AvgIpc) is 2.14. The van der Waals surface area contributed by atoms with E-state index in [4.69, 9.17) is 0 Å². The number of hydrogen-bond donors (Lipinski definition) is 2. The van der Waals surface area contributed by atoms with Crippen LogP contribution < -0.4 is 0 Å². The van der Waals surface area contributed by atoms with Crippen molar-refractivity contribution < 1.29 is 10.2 Å². The zero-order valence-electron chi connectivity index (χ0n) is 8.58. The van der Waals surface area contributed by atoms with Crippen LogP contribution in [0.25, 0.3) is 0 Å². The molecule has 0 saturated heterocycles. The van der Waals surface area contributed by atoms with Crippen LogP contribution in [0.4, 0.5) is 0 Å². The highest BCUT2D eigenvalue weighted by Gasteiger charge is 2.14. The lowest BCUT2D eigenvalue weighted by atomic mass is 10.0. The first-order chi connectivity index (χ1) is 6.22. The molecule has 2 atom stereocenters. The molecule has 0 amide bonds. The maximum Gasteiger partial charge on any atom is 0.0802 e. The van der Waals surface area contributed by atoms with Gasteiger partial charge in [-0.25, -0.2) is 0 Å². The molecule has 0 rings (SSSR count). The lowest BCUT2D eigenvalue weighted by Gasteiger charge is -2.16. The Morgan fingerprint density at radius 1 is 1.15 bits per heavy atom. The van der Waals surface area contributed by atoms with Crippen LogP contribution in [-0.4, -0.2) is 22.4 Å². The van der Waals surface area contributed by atoms with Gasteiger partial charge in [0.1, 0.15) is 0 Å². The third-order valence-corrected chi connectivity index (χ3v) is 2.21. The second-order valence-corrected chi connectivity index (χ2v) is 3.50. The topological polar surface area (TPSA) is 40.5 Å². The van der Waals surface area contributed by atoms with E-state index >= 15 is 0 Å². The molecule has 0 bridgehead atoms. The van der Waals surface area contributed by atoms with E-state index in [-0.39, 0.29) is 0 Å². The molecule has 0 saturated carbocycles. The first-order valence-corrected chi connectivity index (χ1v) is 5.19. The molecule has 0 aromatic rings. The van der Waals surface area contributed by atoms with Gasteiger partial charge in [0.2, 0.25) is 0 Å². The lowest BCUT2D eigenvalue weighted by molar-refractivity contribution is 0.00919. The summed E-state index contributed by atoms with van der Waals surface area (Å²) < 4.78 is 0. The van der Waals surface area contributed by atoms with Crippen molar-refractivity contribution in [2.75, 3.05) is 0 Å². The summed E-state index contributed by atoms with van der Waals surface area (Å²) in [5, 5.41) is 18.9. The third-order valence-electron chi connectivity index (χ3n) is 2.21. The Labute approximate surface area is 81.3 Å². The quantitative estimate of drug-likeness (QED) is 0.451. The molecule has 13 heavy (non-hydrogen) atoms. The number of aliphatic hydroxyl groups is 2. The summed E-state index contributed by atoms with van der Waals surface area (Å²) in [5.74, 6) is 0. The molecule has 0 aromatic carbocycles. The molecule has 78 valence electrons. The highest BCUT2D eigenvalue weighted by Crippen LogP contribution is 2.10. The van der Waals surface area contributed by atoms with Gasteiger partial charge in [-0.3, -0.25) is 0 Å². The Morgan fingerprint density at radius 2 is 1.77 bits per heavy atom. The molecule has 0 fully saturated rings. The normalized spacial score (nSPS) is 15.3. The maximum absolute atomic E-state index is 9.49. The number of allylic oxidation sites excluding steroid dienone is 1. The van der Waals surface area contributed by atoms with Gasteiger partial charge >= 0.3 is 0 Å².